The highest BCUT2D eigenvalue weighted by Crippen LogP contribution is 2.45. The number of para-hydroxylation sites is 4. The Morgan fingerprint density at radius 3 is 1.49 bits per heavy atom. The fourth-order valence-electron chi connectivity index (χ4n) is 8.34. The molecule has 0 aliphatic carbocycles. The van der Waals surface area contributed by atoms with Gasteiger partial charge in [-0.25, -0.2) is 0 Å². The van der Waals surface area contributed by atoms with E-state index in [9.17, 15) is 0 Å². The summed E-state index contributed by atoms with van der Waals surface area (Å²) in [6, 6.07) is 63.3. The number of hydrogen-bond acceptors (Lipinski definition) is 1. The zero-order valence-corrected chi connectivity index (χ0v) is 27.6. The summed E-state index contributed by atoms with van der Waals surface area (Å²) in [6.07, 6.45) is 1.93. The first-order valence-corrected chi connectivity index (χ1v) is 17.4. The molecule has 0 spiro atoms. The highest BCUT2D eigenvalue weighted by molar-refractivity contribution is 6.30. The zero-order chi connectivity index (χ0) is 33.5. The summed E-state index contributed by atoms with van der Waals surface area (Å²) in [5, 5.41) is 7.45. The lowest BCUT2D eigenvalue weighted by molar-refractivity contribution is 1.16. The summed E-state index contributed by atoms with van der Waals surface area (Å²) in [4.78, 5) is 4.78. The predicted molar refractivity (Wildman–Crippen MR) is 213 cm³/mol. The molecule has 11 aromatic rings. The van der Waals surface area contributed by atoms with Gasteiger partial charge in [-0.2, -0.15) is 0 Å². The second kappa shape index (κ2) is 10.8. The van der Waals surface area contributed by atoms with Crippen LogP contribution in [0, 0.1) is 0 Å². The van der Waals surface area contributed by atoms with E-state index in [0.717, 1.165) is 28.3 Å². The highest BCUT2D eigenvalue weighted by atomic mass is 15.0. The van der Waals surface area contributed by atoms with E-state index in [1.807, 2.05) is 12.3 Å². The van der Waals surface area contributed by atoms with Crippen LogP contribution in [0.3, 0.4) is 0 Å². The van der Waals surface area contributed by atoms with Crippen molar-refractivity contribution in [2.24, 2.45) is 0 Å². The molecule has 0 saturated heterocycles. The standard InChI is InChI=1S/C47H30N4/c1-4-14-31(15-5-1)39-28-34(26-27-48-39)51-40-22-12-10-20-35(40)37-29-45-38(30-44(37)51)47-43(50(45)33-18-8-3-9-19-33)25-24-42-46(47)36-21-11-13-23-41(36)49(42)32-16-6-2-7-17-32/h1-30H. The van der Waals surface area contributed by atoms with Gasteiger partial charge >= 0.3 is 0 Å². The molecule has 0 bridgehead atoms. The first kappa shape index (κ1) is 28.0. The molecule has 4 heteroatoms. The topological polar surface area (TPSA) is 27.7 Å². The lowest BCUT2D eigenvalue weighted by atomic mass is 10.0. The molecule has 0 aliphatic heterocycles. The van der Waals surface area contributed by atoms with E-state index in [4.69, 9.17) is 4.98 Å². The van der Waals surface area contributed by atoms with Gasteiger partial charge < -0.3 is 13.7 Å². The van der Waals surface area contributed by atoms with Crippen LogP contribution in [0.2, 0.25) is 0 Å². The van der Waals surface area contributed by atoms with Crippen molar-refractivity contribution in [3.8, 4) is 28.3 Å². The zero-order valence-electron chi connectivity index (χ0n) is 27.6. The van der Waals surface area contributed by atoms with E-state index in [1.54, 1.807) is 0 Å². The fourth-order valence-corrected chi connectivity index (χ4v) is 8.34. The molecule has 238 valence electrons. The first-order valence-electron chi connectivity index (χ1n) is 17.4. The molecule has 0 N–H and O–H groups in total. The van der Waals surface area contributed by atoms with E-state index in [2.05, 4.69) is 184 Å². The molecular weight excluding hydrogens is 621 g/mol. The summed E-state index contributed by atoms with van der Waals surface area (Å²) in [5.41, 5.74) is 12.6. The predicted octanol–water partition coefficient (Wildman–Crippen LogP) is 12.0. The van der Waals surface area contributed by atoms with Crippen LogP contribution in [-0.2, 0) is 0 Å². The van der Waals surface area contributed by atoms with Gasteiger partial charge in [-0.15, -0.1) is 0 Å². The largest absolute Gasteiger partial charge is 0.309 e. The van der Waals surface area contributed by atoms with Crippen molar-refractivity contribution in [1.29, 1.82) is 0 Å². The summed E-state index contributed by atoms with van der Waals surface area (Å²) < 4.78 is 7.27. The first-order chi connectivity index (χ1) is 25.3. The Hall–Kier alpha value is -6.91. The molecule has 0 fully saturated rings. The minimum atomic E-state index is 0.955. The van der Waals surface area contributed by atoms with Crippen molar-refractivity contribution >= 4 is 65.4 Å². The van der Waals surface area contributed by atoms with Gasteiger partial charge in [0.1, 0.15) is 0 Å². The molecule has 0 saturated carbocycles. The van der Waals surface area contributed by atoms with Crippen LogP contribution in [0.25, 0.3) is 93.7 Å². The van der Waals surface area contributed by atoms with Gasteiger partial charge in [-0.1, -0.05) is 103 Å². The van der Waals surface area contributed by atoms with E-state index in [-0.39, 0.29) is 0 Å². The summed E-state index contributed by atoms with van der Waals surface area (Å²) in [6.45, 7) is 0. The summed E-state index contributed by atoms with van der Waals surface area (Å²) in [7, 11) is 0. The van der Waals surface area contributed by atoms with Gasteiger partial charge in [0.2, 0.25) is 0 Å². The molecule has 7 aromatic carbocycles. The minimum absolute atomic E-state index is 0.955. The Bertz CT molecular complexity index is 3110. The average molecular weight is 651 g/mol. The van der Waals surface area contributed by atoms with E-state index in [1.165, 1.54) is 65.4 Å². The smallest absolute Gasteiger partial charge is 0.0722 e. The molecule has 4 nitrogen and oxygen atoms in total. The van der Waals surface area contributed by atoms with Gasteiger partial charge in [0.15, 0.2) is 0 Å². The summed E-state index contributed by atoms with van der Waals surface area (Å²) >= 11 is 0. The maximum absolute atomic E-state index is 4.78. The maximum Gasteiger partial charge on any atom is 0.0722 e. The number of aromatic nitrogens is 4. The van der Waals surface area contributed by atoms with Crippen molar-refractivity contribution in [3.63, 3.8) is 0 Å². The monoisotopic (exact) mass is 650 g/mol. The molecule has 0 radical (unpaired) electrons. The normalized spacial score (nSPS) is 11.9. The third kappa shape index (κ3) is 4.05. The third-order valence-electron chi connectivity index (χ3n) is 10.5. The number of hydrogen-bond donors (Lipinski definition) is 0. The van der Waals surface area contributed by atoms with E-state index >= 15 is 0 Å². The van der Waals surface area contributed by atoms with Crippen molar-refractivity contribution < 1.29 is 0 Å². The second-order valence-electron chi connectivity index (χ2n) is 13.2. The van der Waals surface area contributed by atoms with Crippen LogP contribution < -0.4 is 0 Å². The Kier molecular flexibility index (Phi) is 5.92. The molecule has 0 unspecified atom stereocenters. The van der Waals surface area contributed by atoms with Crippen LogP contribution in [0.1, 0.15) is 0 Å². The number of benzene rings is 7. The minimum Gasteiger partial charge on any atom is -0.309 e. The van der Waals surface area contributed by atoms with Crippen molar-refractivity contribution in [1.82, 2.24) is 18.7 Å². The number of nitrogens with zero attached hydrogens (tertiary/aromatic N) is 4. The van der Waals surface area contributed by atoms with Crippen LogP contribution in [0.15, 0.2) is 182 Å². The SMILES string of the molecule is c1ccc(-c2cc(-n3c4ccccc4c4cc5c(cc43)c3c4c6ccccc6n(-c6ccccc6)c4ccc3n5-c3ccccc3)ccn2)cc1. The third-order valence-corrected chi connectivity index (χ3v) is 10.5. The average Bonchev–Trinajstić information content (AvgIpc) is 3.83. The van der Waals surface area contributed by atoms with Gasteiger partial charge in [0.05, 0.1) is 38.8 Å². The number of rotatable bonds is 4. The van der Waals surface area contributed by atoms with Gasteiger partial charge in [0.25, 0.3) is 0 Å². The Morgan fingerprint density at radius 2 is 0.804 bits per heavy atom. The fraction of sp³-hybridized carbons (Fsp3) is 0. The number of pyridine rings is 1. The van der Waals surface area contributed by atoms with E-state index in [0.29, 0.717) is 0 Å². The lowest BCUT2D eigenvalue weighted by Crippen LogP contribution is -1.96. The molecule has 11 rings (SSSR count). The molecule has 0 amide bonds. The molecule has 0 atom stereocenters. The lowest BCUT2D eigenvalue weighted by Gasteiger charge is -2.10. The van der Waals surface area contributed by atoms with Crippen LogP contribution in [0.4, 0.5) is 0 Å². The Morgan fingerprint density at radius 1 is 0.314 bits per heavy atom. The summed E-state index contributed by atoms with van der Waals surface area (Å²) in [5.74, 6) is 0. The molecule has 4 aromatic heterocycles. The van der Waals surface area contributed by atoms with Gasteiger partial charge in [0, 0.05) is 61.1 Å². The van der Waals surface area contributed by atoms with Crippen LogP contribution in [0.5, 0.6) is 0 Å². The Labute approximate surface area is 293 Å². The van der Waals surface area contributed by atoms with Crippen molar-refractivity contribution in [2.75, 3.05) is 0 Å². The molecule has 4 heterocycles. The Balaban J connectivity index is 1.32. The van der Waals surface area contributed by atoms with Crippen molar-refractivity contribution in [2.45, 2.75) is 0 Å². The highest BCUT2D eigenvalue weighted by Gasteiger charge is 2.23. The van der Waals surface area contributed by atoms with Crippen LogP contribution in [-0.4, -0.2) is 18.7 Å². The van der Waals surface area contributed by atoms with E-state index < -0.39 is 0 Å². The maximum atomic E-state index is 4.78. The molecule has 51 heavy (non-hydrogen) atoms. The number of fused-ring (bicyclic) bond motifs is 10. The van der Waals surface area contributed by atoms with Gasteiger partial charge in [-0.3, -0.25) is 4.98 Å². The second-order valence-corrected chi connectivity index (χ2v) is 13.2. The van der Waals surface area contributed by atoms with Gasteiger partial charge in [-0.05, 0) is 72.8 Å². The van der Waals surface area contributed by atoms with Crippen molar-refractivity contribution in [3.05, 3.63) is 182 Å². The quantitative estimate of drug-likeness (QED) is 0.186. The molecular formula is C47H30N4. The molecule has 0 aliphatic rings. The van der Waals surface area contributed by atoms with Crippen LogP contribution >= 0.6 is 0 Å².